The predicted molar refractivity (Wildman–Crippen MR) is 127 cm³/mol. The zero-order chi connectivity index (χ0) is 23.6. The summed E-state index contributed by atoms with van der Waals surface area (Å²) < 4.78 is 16.5. The molecule has 7 nitrogen and oxygen atoms in total. The molecule has 1 heterocycles. The number of ether oxygens (including phenoxy) is 3. The molecular weight excluding hydrogens is 420 g/mol. The fourth-order valence-electron chi connectivity index (χ4n) is 3.85. The van der Waals surface area contributed by atoms with Crippen molar-refractivity contribution < 1.29 is 23.8 Å². The summed E-state index contributed by atoms with van der Waals surface area (Å²) in [4.78, 5) is 27.9. The Labute approximate surface area is 196 Å². The quantitative estimate of drug-likeness (QED) is 0.560. The van der Waals surface area contributed by atoms with E-state index in [9.17, 15) is 9.59 Å². The van der Waals surface area contributed by atoms with Crippen molar-refractivity contribution in [1.82, 2.24) is 10.2 Å². The van der Waals surface area contributed by atoms with Gasteiger partial charge in [-0.2, -0.15) is 0 Å². The van der Waals surface area contributed by atoms with E-state index >= 15 is 0 Å². The van der Waals surface area contributed by atoms with Gasteiger partial charge in [0.15, 0.2) is 11.5 Å². The van der Waals surface area contributed by atoms with Crippen molar-refractivity contribution in [2.75, 3.05) is 26.9 Å². The monoisotopic (exact) mass is 454 g/mol. The Bertz CT molecular complexity index is 929. The lowest BCUT2D eigenvalue weighted by Gasteiger charge is -2.31. The third-order valence-electron chi connectivity index (χ3n) is 5.68. The second-order valence-corrected chi connectivity index (χ2v) is 8.06. The number of amides is 2. The van der Waals surface area contributed by atoms with Gasteiger partial charge < -0.3 is 24.4 Å². The van der Waals surface area contributed by atoms with Crippen LogP contribution in [0.5, 0.6) is 17.2 Å². The van der Waals surface area contributed by atoms with Crippen LogP contribution in [-0.2, 0) is 22.6 Å². The topological polar surface area (TPSA) is 77.1 Å². The highest BCUT2D eigenvalue weighted by Gasteiger charge is 2.28. The first-order valence-electron chi connectivity index (χ1n) is 11.6. The molecule has 0 aliphatic carbocycles. The summed E-state index contributed by atoms with van der Waals surface area (Å²) in [5.74, 6) is 2.03. The number of carbonyl (C=O) groups excluding carboxylic acids is 2. The Morgan fingerprint density at radius 2 is 1.73 bits per heavy atom. The minimum atomic E-state index is -0.522. The molecule has 0 saturated carbocycles. The summed E-state index contributed by atoms with van der Waals surface area (Å²) in [6.07, 6.45) is 2.25. The van der Waals surface area contributed by atoms with Crippen LogP contribution in [0.15, 0.2) is 42.5 Å². The lowest BCUT2D eigenvalue weighted by Crippen LogP contribution is -2.49. The van der Waals surface area contributed by atoms with E-state index in [0.29, 0.717) is 51.3 Å². The van der Waals surface area contributed by atoms with Crippen molar-refractivity contribution in [3.63, 3.8) is 0 Å². The molecule has 2 amide bonds. The smallest absolute Gasteiger partial charge is 0.242 e. The number of rotatable bonds is 11. The number of carbonyl (C=O) groups is 2. The fourth-order valence-corrected chi connectivity index (χ4v) is 3.85. The standard InChI is InChI=1S/C26H34N2O5/c1-4-14-27-26(30)22(5-2)28(18-20-6-10-21(31-3)11-7-20)25(29)13-9-19-8-12-23-24(17-19)33-16-15-32-23/h6-8,10-12,17,22H,4-5,9,13-16,18H2,1-3H3,(H,27,30)/t22-/m1/s1. The molecular formula is C26H34N2O5. The average Bonchev–Trinajstić information content (AvgIpc) is 2.86. The Kier molecular flexibility index (Phi) is 8.98. The maximum atomic E-state index is 13.4. The highest BCUT2D eigenvalue weighted by atomic mass is 16.6. The SMILES string of the molecule is CCCNC(=O)[C@@H](CC)N(Cc1ccc(OC)cc1)C(=O)CCc1ccc2c(c1)OCCO2. The van der Waals surface area contributed by atoms with Gasteiger partial charge in [0.1, 0.15) is 25.0 Å². The van der Waals surface area contributed by atoms with Crippen LogP contribution >= 0.6 is 0 Å². The molecule has 2 aromatic carbocycles. The first kappa shape index (κ1) is 24.4. The van der Waals surface area contributed by atoms with Crippen LogP contribution in [-0.4, -0.2) is 49.6 Å². The minimum absolute atomic E-state index is 0.0563. The molecule has 7 heteroatoms. The largest absolute Gasteiger partial charge is 0.497 e. The summed E-state index contributed by atoms with van der Waals surface area (Å²) >= 11 is 0. The number of fused-ring (bicyclic) bond motifs is 1. The van der Waals surface area contributed by atoms with Crippen molar-refractivity contribution in [2.45, 2.75) is 52.1 Å². The highest BCUT2D eigenvalue weighted by Crippen LogP contribution is 2.31. The van der Waals surface area contributed by atoms with Gasteiger partial charge in [0.05, 0.1) is 7.11 Å². The van der Waals surface area contributed by atoms with E-state index in [-0.39, 0.29) is 11.8 Å². The van der Waals surface area contributed by atoms with E-state index in [0.717, 1.165) is 29.0 Å². The van der Waals surface area contributed by atoms with Gasteiger partial charge in [-0.15, -0.1) is 0 Å². The fraction of sp³-hybridized carbons (Fsp3) is 0.462. The Balaban J connectivity index is 1.74. The third kappa shape index (κ3) is 6.63. The molecule has 1 aliphatic heterocycles. The first-order chi connectivity index (χ1) is 16.0. The summed E-state index contributed by atoms with van der Waals surface area (Å²) in [5, 5.41) is 2.95. The minimum Gasteiger partial charge on any atom is -0.497 e. The predicted octanol–water partition coefficient (Wildman–Crippen LogP) is 3.73. The number of hydrogen-bond donors (Lipinski definition) is 1. The number of methoxy groups -OCH3 is 1. The van der Waals surface area contributed by atoms with Gasteiger partial charge in [-0.1, -0.05) is 32.0 Å². The number of nitrogens with zero attached hydrogens (tertiary/aromatic N) is 1. The van der Waals surface area contributed by atoms with Crippen LogP contribution in [0.2, 0.25) is 0 Å². The van der Waals surface area contributed by atoms with E-state index in [4.69, 9.17) is 14.2 Å². The second-order valence-electron chi connectivity index (χ2n) is 8.06. The molecule has 1 N–H and O–H groups in total. The number of aryl methyl sites for hydroxylation is 1. The van der Waals surface area contributed by atoms with Gasteiger partial charge in [-0.25, -0.2) is 0 Å². The Morgan fingerprint density at radius 1 is 1.03 bits per heavy atom. The molecule has 2 aromatic rings. The lowest BCUT2D eigenvalue weighted by molar-refractivity contribution is -0.141. The second kappa shape index (κ2) is 12.1. The molecule has 0 bridgehead atoms. The van der Waals surface area contributed by atoms with E-state index in [1.165, 1.54) is 0 Å². The van der Waals surface area contributed by atoms with Crippen molar-refractivity contribution in [3.8, 4) is 17.2 Å². The maximum absolute atomic E-state index is 13.4. The van der Waals surface area contributed by atoms with Crippen LogP contribution in [0.25, 0.3) is 0 Å². The van der Waals surface area contributed by atoms with Gasteiger partial charge in [0.2, 0.25) is 11.8 Å². The first-order valence-corrected chi connectivity index (χ1v) is 11.6. The van der Waals surface area contributed by atoms with Crippen LogP contribution < -0.4 is 19.5 Å². The van der Waals surface area contributed by atoms with E-state index in [1.54, 1.807) is 12.0 Å². The molecule has 0 spiro atoms. The Hall–Kier alpha value is -3.22. The summed E-state index contributed by atoms with van der Waals surface area (Å²) in [7, 11) is 1.62. The molecule has 0 saturated heterocycles. The van der Waals surface area contributed by atoms with Crippen LogP contribution in [0.3, 0.4) is 0 Å². The van der Waals surface area contributed by atoms with Gasteiger partial charge in [0, 0.05) is 19.5 Å². The van der Waals surface area contributed by atoms with Gasteiger partial charge in [-0.05, 0) is 54.7 Å². The van der Waals surface area contributed by atoms with Crippen LogP contribution in [0, 0.1) is 0 Å². The van der Waals surface area contributed by atoms with Crippen molar-refractivity contribution in [1.29, 1.82) is 0 Å². The maximum Gasteiger partial charge on any atom is 0.242 e. The summed E-state index contributed by atoms with van der Waals surface area (Å²) in [5.41, 5.74) is 1.95. The van der Waals surface area contributed by atoms with E-state index < -0.39 is 6.04 Å². The molecule has 1 atom stereocenters. The molecule has 0 fully saturated rings. The van der Waals surface area contributed by atoms with E-state index in [1.807, 2.05) is 56.3 Å². The van der Waals surface area contributed by atoms with Crippen molar-refractivity contribution in [2.24, 2.45) is 0 Å². The molecule has 178 valence electrons. The average molecular weight is 455 g/mol. The molecule has 0 unspecified atom stereocenters. The normalized spacial score (nSPS) is 13.2. The van der Waals surface area contributed by atoms with Crippen molar-refractivity contribution >= 4 is 11.8 Å². The zero-order valence-corrected chi connectivity index (χ0v) is 19.8. The third-order valence-corrected chi connectivity index (χ3v) is 5.68. The molecule has 0 radical (unpaired) electrons. The number of nitrogens with one attached hydrogen (secondary N) is 1. The number of hydrogen-bond acceptors (Lipinski definition) is 5. The van der Waals surface area contributed by atoms with E-state index in [2.05, 4.69) is 5.32 Å². The van der Waals surface area contributed by atoms with Gasteiger partial charge >= 0.3 is 0 Å². The Morgan fingerprint density at radius 3 is 2.39 bits per heavy atom. The highest BCUT2D eigenvalue weighted by molar-refractivity contribution is 5.87. The summed E-state index contributed by atoms with van der Waals surface area (Å²) in [6, 6.07) is 12.8. The van der Waals surface area contributed by atoms with Crippen molar-refractivity contribution in [3.05, 3.63) is 53.6 Å². The summed E-state index contributed by atoms with van der Waals surface area (Å²) in [6.45, 7) is 5.97. The number of benzene rings is 2. The lowest BCUT2D eigenvalue weighted by atomic mass is 10.1. The van der Waals surface area contributed by atoms with Crippen LogP contribution in [0.1, 0.15) is 44.2 Å². The molecule has 1 aliphatic rings. The zero-order valence-electron chi connectivity index (χ0n) is 19.8. The van der Waals surface area contributed by atoms with Crippen LogP contribution in [0.4, 0.5) is 0 Å². The van der Waals surface area contributed by atoms with Gasteiger partial charge in [-0.3, -0.25) is 9.59 Å². The molecule has 3 rings (SSSR count). The molecule has 33 heavy (non-hydrogen) atoms. The van der Waals surface area contributed by atoms with Gasteiger partial charge in [0.25, 0.3) is 0 Å². The molecule has 0 aromatic heterocycles.